The number of rotatable bonds is 4. The van der Waals surface area contributed by atoms with Gasteiger partial charge in [0.1, 0.15) is 0 Å². The van der Waals surface area contributed by atoms with Gasteiger partial charge >= 0.3 is 0 Å². The molecular formula is C18H25N3O2. The van der Waals surface area contributed by atoms with Gasteiger partial charge < -0.3 is 16.0 Å². The molecule has 3 N–H and O–H groups in total. The normalized spacial score (nSPS) is 26.4. The Hall–Kier alpha value is -1.88. The van der Waals surface area contributed by atoms with Gasteiger partial charge in [0.05, 0.1) is 6.04 Å². The number of nitrogens with one attached hydrogen (secondary N) is 3. The average molecular weight is 315 g/mol. The molecule has 2 fully saturated rings. The number of carbonyl (C=O) groups is 2. The molecule has 23 heavy (non-hydrogen) atoms. The fourth-order valence-electron chi connectivity index (χ4n) is 3.74. The molecule has 1 aliphatic heterocycles. The first-order valence-electron chi connectivity index (χ1n) is 8.52. The Bertz CT molecular complexity index is 556. The quantitative estimate of drug-likeness (QED) is 0.797. The van der Waals surface area contributed by atoms with Gasteiger partial charge in [0, 0.05) is 25.2 Å². The van der Waals surface area contributed by atoms with Crippen LogP contribution in [0.5, 0.6) is 0 Å². The lowest BCUT2D eigenvalue weighted by Gasteiger charge is -2.24. The summed E-state index contributed by atoms with van der Waals surface area (Å²) in [5.74, 6) is 0.696. The van der Waals surface area contributed by atoms with Gasteiger partial charge in [-0.15, -0.1) is 0 Å². The minimum Gasteiger partial charge on any atom is -0.351 e. The van der Waals surface area contributed by atoms with Gasteiger partial charge in [0.15, 0.2) is 0 Å². The summed E-state index contributed by atoms with van der Waals surface area (Å²) < 4.78 is 0. The fraction of sp³-hybridized carbons (Fsp3) is 0.556. The van der Waals surface area contributed by atoms with E-state index in [1.807, 2.05) is 24.3 Å². The lowest BCUT2D eigenvalue weighted by Crippen LogP contribution is -2.42. The van der Waals surface area contributed by atoms with E-state index in [1.54, 1.807) is 0 Å². The van der Waals surface area contributed by atoms with E-state index >= 15 is 0 Å². The van der Waals surface area contributed by atoms with Crippen molar-refractivity contribution >= 4 is 17.5 Å². The molecule has 2 amide bonds. The molecular weight excluding hydrogens is 290 g/mol. The zero-order valence-electron chi connectivity index (χ0n) is 13.6. The molecule has 1 saturated carbocycles. The molecule has 124 valence electrons. The average Bonchev–Trinajstić information content (AvgIpc) is 2.97. The Balaban J connectivity index is 1.48. The van der Waals surface area contributed by atoms with E-state index in [0.717, 1.165) is 17.7 Å². The molecule has 2 aliphatic rings. The standard InChI is InChI=1S/C18H25N3O2/c1-12(22)20-15-8-6-13(7-9-15)11-19-18(23)17-10-14-4-2-3-5-16(14)21-17/h6-9,14,16-17,21H,2-5,10-11H2,1H3,(H,19,23)(H,20,22). The van der Waals surface area contributed by atoms with Crippen LogP contribution in [0.4, 0.5) is 5.69 Å². The molecule has 5 heteroatoms. The lowest BCUT2D eigenvalue weighted by atomic mass is 9.85. The van der Waals surface area contributed by atoms with Crippen molar-refractivity contribution in [3.8, 4) is 0 Å². The topological polar surface area (TPSA) is 70.2 Å². The van der Waals surface area contributed by atoms with Crippen LogP contribution < -0.4 is 16.0 Å². The summed E-state index contributed by atoms with van der Waals surface area (Å²) in [6.45, 7) is 2.01. The van der Waals surface area contributed by atoms with E-state index in [-0.39, 0.29) is 17.9 Å². The first kappa shape index (κ1) is 16.0. The highest BCUT2D eigenvalue weighted by molar-refractivity contribution is 5.88. The number of hydrogen-bond donors (Lipinski definition) is 3. The number of hydrogen-bond acceptors (Lipinski definition) is 3. The third-order valence-corrected chi connectivity index (χ3v) is 4.92. The minimum absolute atomic E-state index is 0.0400. The maximum atomic E-state index is 12.3. The number of carbonyl (C=O) groups excluding carboxylic acids is 2. The van der Waals surface area contributed by atoms with Crippen LogP contribution in [0.2, 0.25) is 0 Å². The van der Waals surface area contributed by atoms with Crippen LogP contribution in [0.1, 0.15) is 44.6 Å². The van der Waals surface area contributed by atoms with Crippen molar-refractivity contribution in [2.45, 2.75) is 57.7 Å². The highest BCUT2D eigenvalue weighted by Crippen LogP contribution is 2.33. The molecule has 3 rings (SSSR count). The molecule has 3 atom stereocenters. The SMILES string of the molecule is CC(=O)Nc1ccc(CNC(=O)C2CC3CCCCC3N2)cc1. The smallest absolute Gasteiger partial charge is 0.237 e. The Morgan fingerprint density at radius 3 is 2.61 bits per heavy atom. The third-order valence-electron chi connectivity index (χ3n) is 4.92. The van der Waals surface area contributed by atoms with Crippen LogP contribution in [0.3, 0.4) is 0 Å². The molecule has 0 aromatic heterocycles. The zero-order valence-corrected chi connectivity index (χ0v) is 13.6. The van der Waals surface area contributed by atoms with Crippen LogP contribution in [0.15, 0.2) is 24.3 Å². The second-order valence-electron chi connectivity index (χ2n) is 6.70. The van der Waals surface area contributed by atoms with E-state index in [1.165, 1.54) is 32.6 Å². The largest absolute Gasteiger partial charge is 0.351 e. The summed E-state index contributed by atoms with van der Waals surface area (Å²) in [6.07, 6.45) is 6.02. The third kappa shape index (κ3) is 4.10. The van der Waals surface area contributed by atoms with Crippen molar-refractivity contribution in [1.29, 1.82) is 0 Å². The summed E-state index contributed by atoms with van der Waals surface area (Å²) in [4.78, 5) is 23.3. The lowest BCUT2D eigenvalue weighted by molar-refractivity contribution is -0.123. The summed E-state index contributed by atoms with van der Waals surface area (Å²) in [5, 5.41) is 9.26. The molecule has 3 unspecified atom stereocenters. The first-order valence-corrected chi connectivity index (χ1v) is 8.52. The van der Waals surface area contributed by atoms with E-state index < -0.39 is 0 Å². The maximum absolute atomic E-state index is 12.3. The second kappa shape index (κ2) is 7.13. The predicted octanol–water partition coefficient (Wildman–Crippen LogP) is 2.18. The van der Waals surface area contributed by atoms with E-state index in [2.05, 4.69) is 16.0 Å². The van der Waals surface area contributed by atoms with Crippen LogP contribution in [0, 0.1) is 5.92 Å². The van der Waals surface area contributed by atoms with Crippen LogP contribution in [-0.2, 0) is 16.1 Å². The Morgan fingerprint density at radius 2 is 1.91 bits per heavy atom. The van der Waals surface area contributed by atoms with Crippen LogP contribution >= 0.6 is 0 Å². The van der Waals surface area contributed by atoms with Gasteiger partial charge in [0.2, 0.25) is 11.8 Å². The maximum Gasteiger partial charge on any atom is 0.237 e. The number of benzene rings is 1. The van der Waals surface area contributed by atoms with Crippen molar-refractivity contribution in [3.05, 3.63) is 29.8 Å². The molecule has 1 heterocycles. The van der Waals surface area contributed by atoms with Crippen molar-refractivity contribution < 1.29 is 9.59 Å². The molecule has 0 bridgehead atoms. The zero-order chi connectivity index (χ0) is 16.2. The van der Waals surface area contributed by atoms with E-state index in [4.69, 9.17) is 0 Å². The Labute approximate surface area is 137 Å². The highest BCUT2D eigenvalue weighted by atomic mass is 16.2. The van der Waals surface area contributed by atoms with Crippen molar-refractivity contribution in [1.82, 2.24) is 10.6 Å². The van der Waals surface area contributed by atoms with E-state index in [9.17, 15) is 9.59 Å². The molecule has 1 aromatic carbocycles. The van der Waals surface area contributed by atoms with Crippen LogP contribution in [0.25, 0.3) is 0 Å². The molecule has 1 saturated heterocycles. The summed E-state index contributed by atoms with van der Waals surface area (Å²) in [6, 6.07) is 8.05. The van der Waals surface area contributed by atoms with Gasteiger partial charge in [-0.1, -0.05) is 25.0 Å². The predicted molar refractivity (Wildman–Crippen MR) is 89.9 cm³/mol. The first-order chi connectivity index (χ1) is 11.1. The van der Waals surface area contributed by atoms with Gasteiger partial charge in [-0.25, -0.2) is 0 Å². The Kier molecular flexibility index (Phi) is 4.96. The van der Waals surface area contributed by atoms with E-state index in [0.29, 0.717) is 18.5 Å². The minimum atomic E-state index is -0.0835. The summed E-state index contributed by atoms with van der Waals surface area (Å²) in [5.41, 5.74) is 1.80. The number of anilines is 1. The highest BCUT2D eigenvalue weighted by Gasteiger charge is 2.37. The molecule has 1 aromatic rings. The van der Waals surface area contributed by atoms with Crippen molar-refractivity contribution in [3.63, 3.8) is 0 Å². The fourth-order valence-corrected chi connectivity index (χ4v) is 3.74. The van der Waals surface area contributed by atoms with Crippen molar-refractivity contribution in [2.24, 2.45) is 5.92 Å². The Morgan fingerprint density at radius 1 is 1.17 bits per heavy atom. The van der Waals surface area contributed by atoms with Gasteiger partial charge in [-0.05, 0) is 42.9 Å². The van der Waals surface area contributed by atoms with Gasteiger partial charge in [0.25, 0.3) is 0 Å². The number of fused-ring (bicyclic) bond motifs is 1. The monoisotopic (exact) mass is 315 g/mol. The van der Waals surface area contributed by atoms with Gasteiger partial charge in [-0.2, -0.15) is 0 Å². The van der Waals surface area contributed by atoms with Crippen molar-refractivity contribution in [2.75, 3.05) is 5.32 Å². The number of amides is 2. The van der Waals surface area contributed by atoms with Gasteiger partial charge in [-0.3, -0.25) is 9.59 Å². The molecule has 0 radical (unpaired) electrons. The molecule has 5 nitrogen and oxygen atoms in total. The summed E-state index contributed by atoms with van der Waals surface area (Å²) >= 11 is 0. The van der Waals surface area contributed by atoms with Crippen LogP contribution in [-0.4, -0.2) is 23.9 Å². The summed E-state index contributed by atoms with van der Waals surface area (Å²) in [7, 11) is 0. The second-order valence-corrected chi connectivity index (χ2v) is 6.70. The molecule has 1 aliphatic carbocycles. The molecule has 0 spiro atoms.